The van der Waals surface area contributed by atoms with Crippen molar-refractivity contribution in [1.29, 1.82) is 0 Å². The number of hydrogen-bond donors (Lipinski definition) is 2. The van der Waals surface area contributed by atoms with Gasteiger partial charge >= 0.3 is 0 Å². The first kappa shape index (κ1) is 15.4. The lowest BCUT2D eigenvalue weighted by atomic mass is 10.2. The van der Waals surface area contributed by atoms with Crippen LogP contribution in [0.1, 0.15) is 19.3 Å². The summed E-state index contributed by atoms with van der Waals surface area (Å²) in [5.74, 6) is 0. The zero-order valence-corrected chi connectivity index (χ0v) is 12.0. The van der Waals surface area contributed by atoms with E-state index in [1.807, 2.05) is 7.05 Å². The highest BCUT2D eigenvalue weighted by Gasteiger charge is 2.12. The highest BCUT2D eigenvalue weighted by atomic mass is 35.5. The molecule has 0 amide bonds. The minimum absolute atomic E-state index is 0.252. The Labute approximate surface area is 114 Å². The molecule has 4 nitrogen and oxygen atoms in total. The second-order valence-corrected chi connectivity index (χ2v) is 6.22. The molecule has 0 aromatic heterocycles. The van der Waals surface area contributed by atoms with Crippen LogP contribution in [-0.4, -0.2) is 28.6 Å². The summed E-state index contributed by atoms with van der Waals surface area (Å²) in [4.78, 5) is 0.252. The Morgan fingerprint density at radius 2 is 1.67 bits per heavy atom. The van der Waals surface area contributed by atoms with Gasteiger partial charge < -0.3 is 5.32 Å². The number of rotatable bonds is 8. The van der Waals surface area contributed by atoms with Crippen molar-refractivity contribution in [3.8, 4) is 0 Å². The summed E-state index contributed by atoms with van der Waals surface area (Å²) in [5.41, 5.74) is 0. The Bertz CT molecular complexity index is 446. The molecule has 0 aliphatic rings. The van der Waals surface area contributed by atoms with E-state index >= 15 is 0 Å². The van der Waals surface area contributed by atoms with Crippen LogP contribution in [0.15, 0.2) is 29.2 Å². The smallest absolute Gasteiger partial charge is 0.240 e. The van der Waals surface area contributed by atoms with Gasteiger partial charge in [0, 0.05) is 11.6 Å². The Morgan fingerprint density at radius 3 is 2.28 bits per heavy atom. The van der Waals surface area contributed by atoms with E-state index in [2.05, 4.69) is 10.0 Å². The van der Waals surface area contributed by atoms with Crippen LogP contribution < -0.4 is 10.0 Å². The van der Waals surface area contributed by atoms with E-state index in [0.717, 1.165) is 25.8 Å². The lowest BCUT2D eigenvalue weighted by Crippen LogP contribution is -2.24. The van der Waals surface area contributed by atoms with Gasteiger partial charge in [0.1, 0.15) is 0 Å². The van der Waals surface area contributed by atoms with Crippen molar-refractivity contribution in [2.75, 3.05) is 20.1 Å². The summed E-state index contributed by atoms with van der Waals surface area (Å²) in [6.07, 6.45) is 2.90. The van der Waals surface area contributed by atoms with E-state index in [-0.39, 0.29) is 4.90 Å². The van der Waals surface area contributed by atoms with E-state index in [9.17, 15) is 8.42 Å². The zero-order chi connectivity index (χ0) is 13.4. The molecule has 0 spiro atoms. The molecule has 0 saturated heterocycles. The molecule has 0 bridgehead atoms. The predicted molar refractivity (Wildman–Crippen MR) is 74.4 cm³/mol. The maximum Gasteiger partial charge on any atom is 0.240 e. The molecule has 0 aliphatic carbocycles. The van der Waals surface area contributed by atoms with Crippen LogP contribution in [0.4, 0.5) is 0 Å². The van der Waals surface area contributed by atoms with Crippen molar-refractivity contribution in [3.63, 3.8) is 0 Å². The average molecular weight is 291 g/mol. The second-order valence-electron chi connectivity index (χ2n) is 4.02. The Morgan fingerprint density at radius 1 is 1.06 bits per heavy atom. The van der Waals surface area contributed by atoms with Gasteiger partial charge in [-0.2, -0.15) is 0 Å². The van der Waals surface area contributed by atoms with Gasteiger partial charge in [0.05, 0.1) is 4.90 Å². The number of nitrogens with one attached hydrogen (secondary N) is 2. The van der Waals surface area contributed by atoms with Crippen molar-refractivity contribution < 1.29 is 8.42 Å². The highest BCUT2D eigenvalue weighted by molar-refractivity contribution is 7.89. The molecular formula is C12H19ClN2O2S. The zero-order valence-electron chi connectivity index (χ0n) is 10.4. The number of halogens is 1. The van der Waals surface area contributed by atoms with Crippen LogP contribution in [0.5, 0.6) is 0 Å². The quantitative estimate of drug-likeness (QED) is 0.720. The number of benzene rings is 1. The summed E-state index contributed by atoms with van der Waals surface area (Å²) in [6.45, 7) is 1.43. The fourth-order valence-corrected chi connectivity index (χ4v) is 2.71. The summed E-state index contributed by atoms with van der Waals surface area (Å²) < 4.78 is 26.3. The van der Waals surface area contributed by atoms with Gasteiger partial charge in [-0.15, -0.1) is 0 Å². The van der Waals surface area contributed by atoms with Gasteiger partial charge in [0.15, 0.2) is 0 Å². The largest absolute Gasteiger partial charge is 0.320 e. The van der Waals surface area contributed by atoms with E-state index in [1.54, 1.807) is 12.1 Å². The fourth-order valence-electron chi connectivity index (χ4n) is 1.51. The molecule has 1 rings (SSSR count). The Kier molecular flexibility index (Phi) is 6.63. The van der Waals surface area contributed by atoms with Gasteiger partial charge in [0.2, 0.25) is 10.0 Å². The normalized spacial score (nSPS) is 11.7. The first-order valence-electron chi connectivity index (χ1n) is 5.96. The molecule has 0 atom stereocenters. The van der Waals surface area contributed by atoms with Crippen LogP contribution in [0.2, 0.25) is 5.02 Å². The minimum atomic E-state index is -3.39. The van der Waals surface area contributed by atoms with Gasteiger partial charge in [-0.3, -0.25) is 0 Å². The fraction of sp³-hybridized carbons (Fsp3) is 0.500. The molecule has 0 heterocycles. The van der Waals surface area contributed by atoms with Crippen molar-refractivity contribution in [2.24, 2.45) is 0 Å². The van der Waals surface area contributed by atoms with Gasteiger partial charge in [-0.25, -0.2) is 13.1 Å². The molecular weight excluding hydrogens is 272 g/mol. The summed E-state index contributed by atoms with van der Waals surface area (Å²) >= 11 is 5.72. The van der Waals surface area contributed by atoms with Crippen molar-refractivity contribution in [1.82, 2.24) is 10.0 Å². The molecule has 0 aliphatic heterocycles. The summed E-state index contributed by atoms with van der Waals surface area (Å²) in [5, 5.41) is 3.58. The number of hydrogen-bond acceptors (Lipinski definition) is 3. The number of unbranched alkanes of at least 4 members (excludes halogenated alkanes) is 2. The molecule has 2 N–H and O–H groups in total. The lowest BCUT2D eigenvalue weighted by molar-refractivity contribution is 0.572. The SMILES string of the molecule is CNCCCCCNS(=O)(=O)c1ccc(Cl)cc1. The standard InChI is InChI=1S/C12H19ClN2O2S/c1-14-9-3-2-4-10-15-18(16,17)12-7-5-11(13)6-8-12/h5-8,14-15H,2-4,9-10H2,1H3. The monoisotopic (exact) mass is 290 g/mol. The Hall–Kier alpha value is -0.620. The first-order chi connectivity index (χ1) is 8.56. The van der Waals surface area contributed by atoms with Crippen LogP contribution >= 0.6 is 11.6 Å². The van der Waals surface area contributed by atoms with Crippen LogP contribution in [0.25, 0.3) is 0 Å². The molecule has 1 aromatic rings. The van der Waals surface area contributed by atoms with Crippen molar-refractivity contribution in [2.45, 2.75) is 24.2 Å². The second kappa shape index (κ2) is 7.74. The van der Waals surface area contributed by atoms with E-state index < -0.39 is 10.0 Å². The molecule has 0 radical (unpaired) electrons. The lowest BCUT2D eigenvalue weighted by Gasteiger charge is -2.06. The van der Waals surface area contributed by atoms with Gasteiger partial charge in [-0.1, -0.05) is 18.0 Å². The summed E-state index contributed by atoms with van der Waals surface area (Å²) in [7, 11) is -1.49. The third kappa shape index (κ3) is 5.35. The highest BCUT2D eigenvalue weighted by Crippen LogP contribution is 2.13. The molecule has 18 heavy (non-hydrogen) atoms. The van der Waals surface area contributed by atoms with Crippen molar-refractivity contribution in [3.05, 3.63) is 29.3 Å². The van der Waals surface area contributed by atoms with Crippen LogP contribution in [-0.2, 0) is 10.0 Å². The molecule has 0 fully saturated rings. The topological polar surface area (TPSA) is 58.2 Å². The predicted octanol–water partition coefficient (Wildman–Crippen LogP) is 2.01. The molecule has 1 aromatic carbocycles. The van der Waals surface area contributed by atoms with Gasteiger partial charge in [-0.05, 0) is 50.7 Å². The molecule has 102 valence electrons. The van der Waals surface area contributed by atoms with E-state index in [1.165, 1.54) is 12.1 Å². The third-order valence-corrected chi connectivity index (χ3v) is 4.25. The van der Waals surface area contributed by atoms with E-state index in [0.29, 0.717) is 11.6 Å². The van der Waals surface area contributed by atoms with Crippen molar-refractivity contribution >= 4 is 21.6 Å². The molecule has 0 unspecified atom stereocenters. The molecule has 0 saturated carbocycles. The first-order valence-corrected chi connectivity index (χ1v) is 7.82. The maximum absolute atomic E-state index is 11.9. The summed E-state index contributed by atoms with van der Waals surface area (Å²) in [6, 6.07) is 6.16. The molecule has 6 heteroatoms. The maximum atomic E-state index is 11.9. The van der Waals surface area contributed by atoms with Crippen LogP contribution in [0, 0.1) is 0 Å². The average Bonchev–Trinajstić information content (AvgIpc) is 2.34. The Balaban J connectivity index is 2.38. The van der Waals surface area contributed by atoms with Gasteiger partial charge in [0.25, 0.3) is 0 Å². The third-order valence-electron chi connectivity index (χ3n) is 2.52. The van der Waals surface area contributed by atoms with Crippen LogP contribution in [0.3, 0.4) is 0 Å². The minimum Gasteiger partial charge on any atom is -0.320 e. The number of sulfonamides is 1. The van der Waals surface area contributed by atoms with E-state index in [4.69, 9.17) is 11.6 Å².